The average Bonchev–Trinajstić information content (AvgIpc) is 2.36. The number of nitrogens with one attached hydrogen (secondary N) is 1. The van der Waals surface area contributed by atoms with Gasteiger partial charge in [-0.25, -0.2) is 8.42 Å². The SMILES string of the molecule is Cc1cc(Cl)cc(NS(=O)(=O)c2cccnc2)c1O. The van der Waals surface area contributed by atoms with Gasteiger partial charge in [0.1, 0.15) is 10.6 Å². The van der Waals surface area contributed by atoms with Crippen molar-refractivity contribution in [1.29, 1.82) is 0 Å². The summed E-state index contributed by atoms with van der Waals surface area (Å²) < 4.78 is 26.4. The lowest BCUT2D eigenvalue weighted by atomic mass is 10.2. The largest absolute Gasteiger partial charge is 0.505 e. The van der Waals surface area contributed by atoms with E-state index in [9.17, 15) is 13.5 Å². The predicted molar refractivity (Wildman–Crippen MR) is 72.9 cm³/mol. The van der Waals surface area contributed by atoms with E-state index >= 15 is 0 Å². The number of benzene rings is 1. The van der Waals surface area contributed by atoms with Crippen molar-refractivity contribution < 1.29 is 13.5 Å². The number of hydrogen-bond donors (Lipinski definition) is 2. The first-order valence-corrected chi connectivity index (χ1v) is 7.18. The average molecular weight is 299 g/mol. The van der Waals surface area contributed by atoms with Crippen molar-refractivity contribution in [2.24, 2.45) is 0 Å². The highest BCUT2D eigenvalue weighted by Gasteiger charge is 2.17. The van der Waals surface area contributed by atoms with Gasteiger partial charge in [-0.15, -0.1) is 0 Å². The smallest absolute Gasteiger partial charge is 0.263 e. The molecule has 2 aromatic rings. The van der Waals surface area contributed by atoms with Crippen molar-refractivity contribution in [3.05, 3.63) is 47.2 Å². The molecule has 0 aliphatic rings. The monoisotopic (exact) mass is 298 g/mol. The zero-order valence-electron chi connectivity index (χ0n) is 9.96. The first-order chi connectivity index (χ1) is 8.90. The summed E-state index contributed by atoms with van der Waals surface area (Å²) in [5.41, 5.74) is 0.519. The van der Waals surface area contributed by atoms with Crippen LogP contribution in [0.5, 0.6) is 5.75 Å². The molecule has 1 aromatic heterocycles. The van der Waals surface area contributed by atoms with Crippen molar-refractivity contribution in [2.45, 2.75) is 11.8 Å². The maximum Gasteiger partial charge on any atom is 0.263 e. The van der Waals surface area contributed by atoms with Crippen LogP contribution < -0.4 is 4.72 Å². The third-order valence-corrected chi connectivity index (χ3v) is 4.02. The first-order valence-electron chi connectivity index (χ1n) is 5.32. The molecule has 0 radical (unpaired) electrons. The van der Waals surface area contributed by atoms with Gasteiger partial charge in [0, 0.05) is 17.4 Å². The molecule has 0 atom stereocenters. The normalized spacial score (nSPS) is 11.3. The Kier molecular flexibility index (Phi) is 3.64. The van der Waals surface area contributed by atoms with Crippen LogP contribution in [0.2, 0.25) is 5.02 Å². The van der Waals surface area contributed by atoms with E-state index in [4.69, 9.17) is 11.6 Å². The molecule has 100 valence electrons. The van der Waals surface area contributed by atoms with E-state index in [2.05, 4.69) is 9.71 Å². The number of rotatable bonds is 3. The molecule has 0 bridgehead atoms. The lowest BCUT2D eigenvalue weighted by Gasteiger charge is -2.11. The summed E-state index contributed by atoms with van der Waals surface area (Å²) in [5, 5.41) is 10.2. The Hall–Kier alpha value is -1.79. The van der Waals surface area contributed by atoms with Crippen molar-refractivity contribution in [1.82, 2.24) is 4.98 Å². The fourth-order valence-electron chi connectivity index (χ4n) is 1.52. The third kappa shape index (κ3) is 2.97. The summed E-state index contributed by atoms with van der Waals surface area (Å²) >= 11 is 5.84. The Morgan fingerprint density at radius 2 is 2.11 bits per heavy atom. The molecular formula is C12H11ClN2O3S. The Balaban J connectivity index is 2.42. The standard InChI is InChI=1S/C12H11ClN2O3S/c1-8-5-9(13)6-11(12(8)16)15-19(17,18)10-3-2-4-14-7-10/h2-7,15-16H,1H3. The van der Waals surface area contributed by atoms with Gasteiger partial charge < -0.3 is 5.11 Å². The number of aryl methyl sites for hydroxylation is 1. The topological polar surface area (TPSA) is 79.3 Å². The van der Waals surface area contributed by atoms with Crippen LogP contribution in [0.15, 0.2) is 41.6 Å². The van der Waals surface area contributed by atoms with Gasteiger partial charge in [-0.3, -0.25) is 9.71 Å². The molecule has 2 N–H and O–H groups in total. The Morgan fingerprint density at radius 3 is 2.74 bits per heavy atom. The van der Waals surface area contributed by atoms with Crippen LogP contribution in [0.1, 0.15) is 5.56 Å². The molecule has 0 fully saturated rings. The summed E-state index contributed by atoms with van der Waals surface area (Å²) in [7, 11) is -3.80. The number of nitrogens with zero attached hydrogens (tertiary/aromatic N) is 1. The maximum absolute atomic E-state index is 12.1. The number of halogens is 1. The van der Waals surface area contributed by atoms with Crippen LogP contribution in [0, 0.1) is 6.92 Å². The number of phenolic OH excluding ortho intramolecular Hbond substituents is 1. The Bertz CT molecular complexity index is 702. The van der Waals surface area contributed by atoms with Gasteiger partial charge in [0.25, 0.3) is 10.0 Å². The highest BCUT2D eigenvalue weighted by Crippen LogP contribution is 2.32. The van der Waals surface area contributed by atoms with Gasteiger partial charge in [-0.1, -0.05) is 11.6 Å². The van der Waals surface area contributed by atoms with Crippen LogP contribution >= 0.6 is 11.6 Å². The molecule has 0 spiro atoms. The number of hydrogen-bond acceptors (Lipinski definition) is 4. The molecule has 1 heterocycles. The zero-order valence-corrected chi connectivity index (χ0v) is 11.5. The lowest BCUT2D eigenvalue weighted by Crippen LogP contribution is -2.13. The fourth-order valence-corrected chi connectivity index (χ4v) is 2.82. The van der Waals surface area contributed by atoms with Gasteiger partial charge in [-0.05, 0) is 36.8 Å². The number of pyridine rings is 1. The molecule has 0 saturated carbocycles. The van der Waals surface area contributed by atoms with Gasteiger partial charge in [0.15, 0.2) is 0 Å². The van der Waals surface area contributed by atoms with Crippen LogP contribution in [0.25, 0.3) is 0 Å². The minimum Gasteiger partial charge on any atom is -0.505 e. The van der Waals surface area contributed by atoms with E-state index in [-0.39, 0.29) is 16.3 Å². The van der Waals surface area contributed by atoms with Crippen LogP contribution in [-0.4, -0.2) is 18.5 Å². The highest BCUT2D eigenvalue weighted by atomic mass is 35.5. The van der Waals surface area contributed by atoms with Crippen molar-refractivity contribution in [3.63, 3.8) is 0 Å². The summed E-state index contributed by atoms with van der Waals surface area (Å²) in [6.07, 6.45) is 2.69. The Labute approximate surface area is 115 Å². The lowest BCUT2D eigenvalue weighted by molar-refractivity contribution is 0.473. The summed E-state index contributed by atoms with van der Waals surface area (Å²) in [5.74, 6) is -0.156. The van der Waals surface area contributed by atoms with Crippen molar-refractivity contribution >= 4 is 27.3 Å². The molecule has 2 rings (SSSR count). The Morgan fingerprint density at radius 1 is 1.37 bits per heavy atom. The second-order valence-electron chi connectivity index (χ2n) is 3.91. The first kappa shape index (κ1) is 13.6. The van der Waals surface area contributed by atoms with Crippen LogP contribution in [0.4, 0.5) is 5.69 Å². The van der Waals surface area contributed by atoms with Gasteiger partial charge in [-0.2, -0.15) is 0 Å². The second-order valence-corrected chi connectivity index (χ2v) is 6.03. The van der Waals surface area contributed by atoms with Gasteiger partial charge >= 0.3 is 0 Å². The maximum atomic E-state index is 12.1. The summed E-state index contributed by atoms with van der Waals surface area (Å²) in [4.78, 5) is 3.75. The molecular weight excluding hydrogens is 288 g/mol. The van der Waals surface area contributed by atoms with E-state index in [1.807, 2.05) is 0 Å². The van der Waals surface area contributed by atoms with Crippen LogP contribution in [0.3, 0.4) is 0 Å². The molecule has 0 saturated heterocycles. The number of phenols is 1. The van der Waals surface area contributed by atoms with Crippen molar-refractivity contribution in [3.8, 4) is 5.75 Å². The number of aromatic nitrogens is 1. The molecule has 1 aromatic carbocycles. The second kappa shape index (κ2) is 5.07. The van der Waals surface area contributed by atoms with E-state index in [0.29, 0.717) is 10.6 Å². The quantitative estimate of drug-likeness (QED) is 0.854. The van der Waals surface area contributed by atoms with Gasteiger partial charge in [0.05, 0.1) is 5.69 Å². The predicted octanol–water partition coefficient (Wildman–Crippen LogP) is 2.55. The summed E-state index contributed by atoms with van der Waals surface area (Å²) in [6, 6.07) is 5.80. The number of sulfonamides is 1. The summed E-state index contributed by atoms with van der Waals surface area (Å²) in [6.45, 7) is 1.63. The molecule has 0 aliphatic carbocycles. The van der Waals surface area contributed by atoms with E-state index in [1.165, 1.54) is 30.6 Å². The number of aromatic hydroxyl groups is 1. The molecule has 0 amide bonds. The van der Waals surface area contributed by atoms with E-state index < -0.39 is 10.0 Å². The minimum absolute atomic E-state index is 0.00651. The van der Waals surface area contributed by atoms with Gasteiger partial charge in [0.2, 0.25) is 0 Å². The number of anilines is 1. The molecule has 7 heteroatoms. The van der Waals surface area contributed by atoms with E-state index in [0.717, 1.165) is 0 Å². The molecule has 5 nitrogen and oxygen atoms in total. The third-order valence-electron chi connectivity index (χ3n) is 2.45. The molecule has 0 aliphatic heterocycles. The minimum atomic E-state index is -3.80. The van der Waals surface area contributed by atoms with E-state index in [1.54, 1.807) is 13.0 Å². The fraction of sp³-hybridized carbons (Fsp3) is 0.0833. The molecule has 19 heavy (non-hydrogen) atoms. The van der Waals surface area contributed by atoms with Crippen molar-refractivity contribution in [2.75, 3.05) is 4.72 Å². The zero-order chi connectivity index (χ0) is 14.0. The van der Waals surface area contributed by atoms with Crippen LogP contribution in [-0.2, 0) is 10.0 Å². The molecule has 0 unspecified atom stereocenters. The highest BCUT2D eigenvalue weighted by molar-refractivity contribution is 7.92.